The average molecular weight is 291 g/mol. The van der Waals surface area contributed by atoms with Gasteiger partial charge in [-0.2, -0.15) is 0 Å². The maximum Gasteiger partial charge on any atom is 0.323 e. The Bertz CT molecular complexity index is 598. The summed E-state index contributed by atoms with van der Waals surface area (Å²) in [5, 5.41) is 7.07. The molecule has 0 unspecified atom stereocenters. The summed E-state index contributed by atoms with van der Waals surface area (Å²) in [6.45, 7) is 3.97. The molecule has 1 aromatic heterocycles. The van der Waals surface area contributed by atoms with Crippen molar-refractivity contribution in [3.63, 3.8) is 0 Å². The first-order chi connectivity index (χ1) is 9.65. The summed E-state index contributed by atoms with van der Waals surface area (Å²) in [7, 11) is 1.39. The number of aryl methyl sites for hydroxylation is 2. The molecule has 0 bridgehead atoms. The molecule has 1 N–H and O–H groups in total. The molecule has 5 nitrogen and oxygen atoms in total. The summed E-state index contributed by atoms with van der Waals surface area (Å²) >= 11 is 1.30. The Morgan fingerprint density at radius 1 is 1.45 bits per heavy atom. The number of hydrogen-bond acceptors (Lipinski definition) is 5. The van der Waals surface area contributed by atoms with Crippen molar-refractivity contribution in [1.29, 1.82) is 0 Å². The fourth-order valence-electron chi connectivity index (χ4n) is 1.82. The second kappa shape index (κ2) is 6.56. The second-order valence-electron chi connectivity index (χ2n) is 4.30. The zero-order valence-corrected chi connectivity index (χ0v) is 12.5. The number of rotatable bonds is 5. The molecule has 0 aliphatic rings. The topological polar surface area (TPSA) is 67.9 Å². The van der Waals surface area contributed by atoms with Gasteiger partial charge in [-0.3, -0.25) is 9.89 Å². The smallest absolute Gasteiger partial charge is 0.323 e. The van der Waals surface area contributed by atoms with Crippen LogP contribution in [0.5, 0.6) is 0 Å². The molecule has 0 aliphatic carbocycles. The first-order valence-corrected chi connectivity index (χ1v) is 7.25. The van der Waals surface area contributed by atoms with Gasteiger partial charge in [0, 0.05) is 6.42 Å². The predicted molar refractivity (Wildman–Crippen MR) is 77.6 cm³/mol. The van der Waals surface area contributed by atoms with E-state index in [-0.39, 0.29) is 5.97 Å². The Labute approximate surface area is 122 Å². The van der Waals surface area contributed by atoms with Crippen LogP contribution >= 0.6 is 11.8 Å². The number of nitrogens with one attached hydrogen (secondary N) is 1. The molecule has 6 heteroatoms. The van der Waals surface area contributed by atoms with E-state index in [0.717, 1.165) is 23.4 Å². The molecule has 2 aromatic rings. The third kappa shape index (κ3) is 3.19. The lowest BCUT2D eigenvalue weighted by Gasteiger charge is -2.14. The Hall–Kier alpha value is -1.82. The second-order valence-corrected chi connectivity index (χ2v) is 5.37. The van der Waals surface area contributed by atoms with E-state index >= 15 is 0 Å². The van der Waals surface area contributed by atoms with Crippen LogP contribution in [0.1, 0.15) is 29.1 Å². The van der Waals surface area contributed by atoms with Gasteiger partial charge in [-0.25, -0.2) is 4.98 Å². The van der Waals surface area contributed by atoms with E-state index in [1.807, 2.05) is 38.1 Å². The molecule has 1 atom stereocenters. The van der Waals surface area contributed by atoms with Gasteiger partial charge in [-0.15, -0.1) is 5.10 Å². The molecule has 0 saturated heterocycles. The van der Waals surface area contributed by atoms with Gasteiger partial charge in [-0.05, 0) is 18.1 Å². The lowest BCUT2D eigenvalue weighted by Crippen LogP contribution is -2.12. The van der Waals surface area contributed by atoms with Crippen LogP contribution in [0.25, 0.3) is 0 Å². The van der Waals surface area contributed by atoms with Crippen LogP contribution in [0.15, 0.2) is 29.4 Å². The molecule has 1 aromatic carbocycles. The van der Waals surface area contributed by atoms with E-state index in [1.54, 1.807) is 0 Å². The van der Waals surface area contributed by atoms with Gasteiger partial charge < -0.3 is 4.74 Å². The molecule has 0 fully saturated rings. The number of ether oxygens (including phenoxy) is 1. The Morgan fingerprint density at radius 3 is 2.80 bits per heavy atom. The van der Waals surface area contributed by atoms with Gasteiger partial charge in [0.2, 0.25) is 5.16 Å². The van der Waals surface area contributed by atoms with Crippen LogP contribution in [0.4, 0.5) is 0 Å². The van der Waals surface area contributed by atoms with Gasteiger partial charge >= 0.3 is 5.97 Å². The first kappa shape index (κ1) is 14.6. The fraction of sp³-hybridized carbons (Fsp3) is 0.357. The van der Waals surface area contributed by atoms with Crippen molar-refractivity contribution in [3.05, 3.63) is 41.2 Å². The highest BCUT2D eigenvalue weighted by Crippen LogP contribution is 2.35. The predicted octanol–water partition coefficient (Wildman–Crippen LogP) is 2.68. The summed E-state index contributed by atoms with van der Waals surface area (Å²) in [5.41, 5.74) is 1.97. The number of aromatic nitrogens is 3. The Kier molecular flexibility index (Phi) is 4.79. The number of nitrogens with zero attached hydrogens (tertiary/aromatic N) is 2. The van der Waals surface area contributed by atoms with Gasteiger partial charge in [-0.1, -0.05) is 43.0 Å². The molecule has 20 heavy (non-hydrogen) atoms. The fourth-order valence-corrected chi connectivity index (χ4v) is 2.88. The summed E-state index contributed by atoms with van der Waals surface area (Å²) < 4.78 is 4.90. The van der Waals surface area contributed by atoms with Crippen molar-refractivity contribution < 1.29 is 9.53 Å². The number of thioether (sulfide) groups is 1. The molecule has 0 aliphatic heterocycles. The number of H-pyrrole nitrogens is 1. The standard InChI is InChI=1S/C14H17N3O2S/c1-4-11-15-14(17-16-11)20-12(13(18)19-3)10-8-6-5-7-9(10)2/h5-8,12H,4H2,1-3H3,(H,15,16,17)/t12-/m0/s1. The van der Waals surface area contributed by atoms with E-state index < -0.39 is 5.25 Å². The molecule has 0 amide bonds. The molecular formula is C14H17N3O2S. The average Bonchev–Trinajstić information content (AvgIpc) is 2.92. The highest BCUT2D eigenvalue weighted by molar-refractivity contribution is 8.00. The molecule has 1 heterocycles. The molecular weight excluding hydrogens is 274 g/mol. The lowest BCUT2D eigenvalue weighted by atomic mass is 10.1. The van der Waals surface area contributed by atoms with Gasteiger partial charge in [0.1, 0.15) is 11.1 Å². The van der Waals surface area contributed by atoms with Gasteiger partial charge in [0.25, 0.3) is 0 Å². The van der Waals surface area contributed by atoms with E-state index in [4.69, 9.17) is 4.74 Å². The van der Waals surface area contributed by atoms with Crippen molar-refractivity contribution in [2.24, 2.45) is 0 Å². The van der Waals surface area contributed by atoms with Crippen molar-refractivity contribution >= 4 is 17.7 Å². The minimum atomic E-state index is -0.457. The number of aromatic amines is 1. The van der Waals surface area contributed by atoms with Crippen LogP contribution in [0, 0.1) is 6.92 Å². The number of carbonyl (C=O) groups is 1. The van der Waals surface area contributed by atoms with Gasteiger partial charge in [0.05, 0.1) is 7.11 Å². The SMILES string of the molecule is CCc1nc(S[C@H](C(=O)OC)c2ccccc2C)n[nH]1. The zero-order valence-electron chi connectivity index (χ0n) is 11.7. The van der Waals surface area contributed by atoms with Crippen molar-refractivity contribution in [1.82, 2.24) is 15.2 Å². The lowest BCUT2D eigenvalue weighted by molar-refractivity contribution is -0.140. The van der Waals surface area contributed by atoms with E-state index in [9.17, 15) is 4.79 Å². The van der Waals surface area contributed by atoms with Crippen LogP contribution in [-0.4, -0.2) is 28.3 Å². The molecule has 2 rings (SSSR count). The van der Waals surface area contributed by atoms with Crippen LogP contribution in [0.3, 0.4) is 0 Å². The number of benzene rings is 1. The van der Waals surface area contributed by atoms with Crippen molar-refractivity contribution in [3.8, 4) is 0 Å². The summed E-state index contributed by atoms with van der Waals surface area (Å²) in [4.78, 5) is 16.4. The minimum absolute atomic E-state index is 0.299. The van der Waals surface area contributed by atoms with E-state index in [0.29, 0.717) is 5.16 Å². The van der Waals surface area contributed by atoms with E-state index in [1.165, 1.54) is 18.9 Å². The minimum Gasteiger partial charge on any atom is -0.468 e. The van der Waals surface area contributed by atoms with Crippen molar-refractivity contribution in [2.45, 2.75) is 30.7 Å². The van der Waals surface area contributed by atoms with Gasteiger partial charge in [0.15, 0.2) is 0 Å². The first-order valence-electron chi connectivity index (χ1n) is 6.37. The summed E-state index contributed by atoms with van der Waals surface area (Å²) in [6, 6.07) is 7.76. The molecule has 0 saturated carbocycles. The normalized spacial score (nSPS) is 12.2. The van der Waals surface area contributed by atoms with Crippen molar-refractivity contribution in [2.75, 3.05) is 7.11 Å². The maximum absolute atomic E-state index is 12.0. The van der Waals surface area contributed by atoms with E-state index in [2.05, 4.69) is 15.2 Å². The Balaban J connectivity index is 2.29. The quantitative estimate of drug-likeness (QED) is 0.677. The Morgan fingerprint density at radius 2 is 2.20 bits per heavy atom. The third-order valence-electron chi connectivity index (χ3n) is 2.96. The highest BCUT2D eigenvalue weighted by Gasteiger charge is 2.26. The maximum atomic E-state index is 12.0. The number of methoxy groups -OCH3 is 1. The third-order valence-corrected chi connectivity index (χ3v) is 4.03. The summed E-state index contributed by atoms with van der Waals surface area (Å²) in [6.07, 6.45) is 0.779. The zero-order chi connectivity index (χ0) is 14.5. The molecule has 0 radical (unpaired) electrons. The van der Waals surface area contributed by atoms with Crippen LogP contribution in [0.2, 0.25) is 0 Å². The van der Waals surface area contributed by atoms with Crippen LogP contribution < -0.4 is 0 Å². The van der Waals surface area contributed by atoms with Crippen LogP contribution in [-0.2, 0) is 16.0 Å². The number of carbonyl (C=O) groups excluding carboxylic acids is 1. The highest BCUT2D eigenvalue weighted by atomic mass is 32.2. The summed E-state index contributed by atoms with van der Waals surface area (Å²) in [5.74, 6) is 0.507. The number of esters is 1. The monoisotopic (exact) mass is 291 g/mol. The largest absolute Gasteiger partial charge is 0.468 e. The molecule has 106 valence electrons. The number of hydrogen-bond donors (Lipinski definition) is 1. The molecule has 0 spiro atoms.